The van der Waals surface area contributed by atoms with Crippen LogP contribution in [0.15, 0.2) is 0 Å². The van der Waals surface area contributed by atoms with Crippen LogP contribution < -0.4 is 5.73 Å². The predicted octanol–water partition coefficient (Wildman–Crippen LogP) is 0.443. The largest absolute Gasteiger partial charge is 0.395 e. The van der Waals surface area contributed by atoms with Crippen LogP contribution in [0.3, 0.4) is 0 Å². The number of rotatable bonds is 5. The van der Waals surface area contributed by atoms with Gasteiger partial charge in [0.2, 0.25) is 0 Å². The molecular weight excluding hydrogens is 204 g/mol. The van der Waals surface area contributed by atoms with Crippen molar-refractivity contribution in [2.45, 2.75) is 38.3 Å². The molecule has 1 saturated heterocycles. The van der Waals surface area contributed by atoms with E-state index < -0.39 is 0 Å². The monoisotopic (exact) mass is 230 g/mol. The van der Waals surface area contributed by atoms with Gasteiger partial charge in [0.15, 0.2) is 0 Å². The van der Waals surface area contributed by atoms with Crippen LogP contribution in [0.2, 0.25) is 0 Å². The third kappa shape index (κ3) is 4.01. The van der Waals surface area contributed by atoms with Crippen molar-refractivity contribution in [2.24, 2.45) is 11.7 Å². The van der Waals surface area contributed by atoms with Crippen LogP contribution in [0, 0.1) is 5.92 Å². The molecule has 3 unspecified atom stereocenters. The Morgan fingerprint density at radius 2 is 2.19 bits per heavy atom. The van der Waals surface area contributed by atoms with Crippen molar-refractivity contribution >= 4 is 0 Å². The molecule has 1 rings (SSSR count). The molecule has 1 fully saturated rings. The van der Waals surface area contributed by atoms with E-state index in [2.05, 4.69) is 11.8 Å². The summed E-state index contributed by atoms with van der Waals surface area (Å²) in [6.07, 6.45) is 3.70. The van der Waals surface area contributed by atoms with Gasteiger partial charge in [-0.1, -0.05) is 6.92 Å². The number of methoxy groups -OCH3 is 1. The Bertz CT molecular complexity index is 190. The predicted molar refractivity (Wildman–Crippen MR) is 65.3 cm³/mol. The van der Waals surface area contributed by atoms with Crippen molar-refractivity contribution in [2.75, 3.05) is 33.4 Å². The lowest BCUT2D eigenvalue weighted by atomic mass is 10.0. The molecule has 16 heavy (non-hydrogen) atoms. The van der Waals surface area contributed by atoms with Crippen molar-refractivity contribution in [3.63, 3.8) is 0 Å². The van der Waals surface area contributed by atoms with Gasteiger partial charge in [0.05, 0.1) is 19.3 Å². The summed E-state index contributed by atoms with van der Waals surface area (Å²) in [7, 11) is 1.65. The Balaban J connectivity index is 2.50. The first-order valence-corrected chi connectivity index (χ1v) is 6.28. The Kier molecular flexibility index (Phi) is 6.28. The molecule has 1 aliphatic heterocycles. The van der Waals surface area contributed by atoms with Crippen LogP contribution in [0.1, 0.15) is 26.2 Å². The molecule has 0 spiro atoms. The van der Waals surface area contributed by atoms with Gasteiger partial charge in [-0.25, -0.2) is 0 Å². The Labute approximate surface area is 98.8 Å². The van der Waals surface area contributed by atoms with Crippen molar-refractivity contribution in [1.82, 2.24) is 4.90 Å². The fourth-order valence-corrected chi connectivity index (χ4v) is 2.44. The van der Waals surface area contributed by atoms with Crippen LogP contribution in [-0.4, -0.2) is 55.5 Å². The first kappa shape index (κ1) is 13.9. The Morgan fingerprint density at radius 3 is 2.81 bits per heavy atom. The van der Waals surface area contributed by atoms with E-state index in [1.54, 1.807) is 7.11 Å². The first-order chi connectivity index (χ1) is 7.69. The molecule has 4 nitrogen and oxygen atoms in total. The van der Waals surface area contributed by atoms with Gasteiger partial charge in [-0.3, -0.25) is 4.90 Å². The normalized spacial score (nSPS) is 27.4. The van der Waals surface area contributed by atoms with Crippen molar-refractivity contribution in [3.05, 3.63) is 0 Å². The molecule has 0 aliphatic carbocycles. The van der Waals surface area contributed by atoms with E-state index in [1.807, 2.05) is 0 Å². The molecule has 0 amide bonds. The van der Waals surface area contributed by atoms with Gasteiger partial charge in [0, 0.05) is 13.2 Å². The van der Waals surface area contributed by atoms with Crippen molar-refractivity contribution < 1.29 is 9.84 Å². The Morgan fingerprint density at radius 1 is 1.44 bits per heavy atom. The zero-order valence-corrected chi connectivity index (χ0v) is 10.6. The third-order valence-corrected chi connectivity index (χ3v) is 3.56. The lowest BCUT2D eigenvalue weighted by Gasteiger charge is -2.33. The molecule has 0 aromatic carbocycles. The van der Waals surface area contributed by atoms with E-state index in [4.69, 9.17) is 10.5 Å². The molecule has 3 atom stereocenters. The summed E-state index contributed by atoms with van der Waals surface area (Å²) in [5.74, 6) is 0.794. The number of hydrogen-bond donors (Lipinski definition) is 2. The second-order valence-electron chi connectivity index (χ2n) is 4.94. The van der Waals surface area contributed by atoms with Crippen molar-refractivity contribution in [3.8, 4) is 0 Å². The molecule has 0 bridgehead atoms. The molecule has 4 heteroatoms. The molecule has 0 radical (unpaired) electrons. The van der Waals surface area contributed by atoms with Gasteiger partial charge >= 0.3 is 0 Å². The minimum absolute atomic E-state index is 0.0465. The van der Waals surface area contributed by atoms with Gasteiger partial charge < -0.3 is 15.6 Å². The van der Waals surface area contributed by atoms with E-state index >= 15 is 0 Å². The highest BCUT2D eigenvalue weighted by molar-refractivity contribution is 4.83. The fraction of sp³-hybridized carbons (Fsp3) is 1.00. The van der Waals surface area contributed by atoms with Crippen LogP contribution in [0.25, 0.3) is 0 Å². The van der Waals surface area contributed by atoms with Gasteiger partial charge in [0.25, 0.3) is 0 Å². The average Bonchev–Trinajstić information content (AvgIpc) is 2.46. The summed E-state index contributed by atoms with van der Waals surface area (Å²) < 4.78 is 5.07. The SMILES string of the molecule is COCC(N)C(CO)N1CCCC(C)CC1. The second kappa shape index (κ2) is 7.22. The number of nitrogens with zero attached hydrogens (tertiary/aromatic N) is 1. The highest BCUT2D eigenvalue weighted by Crippen LogP contribution is 2.18. The highest BCUT2D eigenvalue weighted by atomic mass is 16.5. The summed E-state index contributed by atoms with van der Waals surface area (Å²) in [5.41, 5.74) is 6.03. The van der Waals surface area contributed by atoms with E-state index in [1.165, 1.54) is 19.3 Å². The van der Waals surface area contributed by atoms with Crippen LogP contribution in [-0.2, 0) is 4.74 Å². The zero-order valence-electron chi connectivity index (χ0n) is 10.6. The maximum absolute atomic E-state index is 9.46. The second-order valence-corrected chi connectivity index (χ2v) is 4.94. The number of hydrogen-bond acceptors (Lipinski definition) is 4. The Hall–Kier alpha value is -0.160. The molecule has 1 aliphatic rings. The average molecular weight is 230 g/mol. The summed E-state index contributed by atoms with van der Waals surface area (Å²) in [4.78, 5) is 2.33. The number of aliphatic hydroxyl groups is 1. The molecule has 96 valence electrons. The highest BCUT2D eigenvalue weighted by Gasteiger charge is 2.25. The molecule has 0 saturated carbocycles. The number of nitrogens with two attached hydrogens (primary N) is 1. The van der Waals surface area contributed by atoms with Gasteiger partial charge in [-0.05, 0) is 38.3 Å². The number of ether oxygens (including phenoxy) is 1. The summed E-state index contributed by atoms with van der Waals surface area (Å²) >= 11 is 0. The maximum Gasteiger partial charge on any atom is 0.0629 e. The lowest BCUT2D eigenvalue weighted by molar-refractivity contribution is 0.0719. The minimum Gasteiger partial charge on any atom is -0.395 e. The number of likely N-dealkylation sites (tertiary alicyclic amines) is 1. The molecule has 1 heterocycles. The standard InChI is InChI=1S/C12H26N2O2/c1-10-4-3-6-14(7-5-10)12(8-15)11(13)9-16-2/h10-12,15H,3-9,13H2,1-2H3. The topological polar surface area (TPSA) is 58.7 Å². The van der Waals surface area contributed by atoms with Gasteiger partial charge in [-0.2, -0.15) is 0 Å². The maximum atomic E-state index is 9.46. The van der Waals surface area contributed by atoms with Crippen molar-refractivity contribution in [1.29, 1.82) is 0 Å². The van der Waals surface area contributed by atoms with Gasteiger partial charge in [0.1, 0.15) is 0 Å². The molecule has 0 aromatic rings. The van der Waals surface area contributed by atoms with Crippen LogP contribution in [0.5, 0.6) is 0 Å². The quantitative estimate of drug-likeness (QED) is 0.719. The summed E-state index contributed by atoms with van der Waals surface area (Å²) in [5, 5.41) is 9.46. The minimum atomic E-state index is -0.0941. The first-order valence-electron chi connectivity index (χ1n) is 6.28. The van der Waals surface area contributed by atoms with E-state index in [0.717, 1.165) is 19.0 Å². The van der Waals surface area contributed by atoms with E-state index in [-0.39, 0.29) is 18.7 Å². The summed E-state index contributed by atoms with van der Waals surface area (Å²) in [6, 6.07) is -0.0475. The molecule has 0 aromatic heterocycles. The summed E-state index contributed by atoms with van der Waals surface area (Å²) in [6.45, 7) is 5.03. The van der Waals surface area contributed by atoms with Crippen LogP contribution >= 0.6 is 0 Å². The zero-order chi connectivity index (χ0) is 12.0. The number of aliphatic hydroxyl groups excluding tert-OH is 1. The van der Waals surface area contributed by atoms with Crippen LogP contribution in [0.4, 0.5) is 0 Å². The lowest BCUT2D eigenvalue weighted by Crippen LogP contribution is -2.52. The fourth-order valence-electron chi connectivity index (χ4n) is 2.44. The van der Waals surface area contributed by atoms with E-state index in [0.29, 0.717) is 6.61 Å². The third-order valence-electron chi connectivity index (χ3n) is 3.56. The van der Waals surface area contributed by atoms with E-state index in [9.17, 15) is 5.11 Å². The molecular formula is C12H26N2O2. The smallest absolute Gasteiger partial charge is 0.0629 e. The van der Waals surface area contributed by atoms with Gasteiger partial charge in [-0.15, -0.1) is 0 Å². The molecule has 3 N–H and O–H groups in total.